The summed E-state index contributed by atoms with van der Waals surface area (Å²) in [4.78, 5) is 23.6. The van der Waals surface area contributed by atoms with E-state index in [1.165, 1.54) is 40.4 Å². The second-order valence-electron chi connectivity index (χ2n) is 8.51. The molecule has 10 nitrogen and oxygen atoms in total. The lowest BCUT2D eigenvalue weighted by Crippen LogP contribution is -2.28. The molecule has 0 atom stereocenters. The Balaban J connectivity index is 1.65. The van der Waals surface area contributed by atoms with Gasteiger partial charge in [-0.25, -0.2) is 18.7 Å². The summed E-state index contributed by atoms with van der Waals surface area (Å²) in [5, 5.41) is 13.8. The van der Waals surface area contributed by atoms with Crippen molar-refractivity contribution in [1.82, 2.24) is 24.6 Å². The summed E-state index contributed by atoms with van der Waals surface area (Å²) in [6.45, 7) is 4.72. The molecule has 0 unspecified atom stereocenters. The van der Waals surface area contributed by atoms with E-state index in [0.29, 0.717) is 35.5 Å². The highest BCUT2D eigenvalue weighted by Crippen LogP contribution is 2.39. The molecule has 0 saturated heterocycles. The molecular formula is C26H29F2N7O3. The van der Waals surface area contributed by atoms with Gasteiger partial charge in [-0.05, 0) is 37.2 Å². The molecule has 200 valence electrons. The van der Waals surface area contributed by atoms with Gasteiger partial charge in [0.25, 0.3) is 0 Å². The molecule has 2 aromatic carbocycles. The topological polar surface area (TPSA) is 123 Å². The predicted molar refractivity (Wildman–Crippen MR) is 138 cm³/mol. The Morgan fingerprint density at radius 1 is 1.18 bits per heavy atom. The predicted octanol–water partition coefficient (Wildman–Crippen LogP) is 3.14. The van der Waals surface area contributed by atoms with Gasteiger partial charge >= 0.3 is 0 Å². The van der Waals surface area contributed by atoms with Crippen LogP contribution in [0.2, 0.25) is 0 Å². The lowest BCUT2D eigenvalue weighted by molar-refractivity contribution is -0.118. The number of hydrogen-bond acceptors (Lipinski definition) is 8. The van der Waals surface area contributed by atoms with E-state index in [-0.39, 0.29) is 24.7 Å². The van der Waals surface area contributed by atoms with Crippen LogP contribution in [0.3, 0.4) is 0 Å². The highest BCUT2D eigenvalue weighted by atomic mass is 19.2. The number of nitrogens with two attached hydrogens (primary N) is 1. The second kappa shape index (κ2) is 12.4. The molecule has 2 heterocycles. The van der Waals surface area contributed by atoms with Crippen LogP contribution in [0.5, 0.6) is 5.75 Å². The van der Waals surface area contributed by atoms with Crippen molar-refractivity contribution in [3.05, 3.63) is 66.8 Å². The molecule has 3 N–H and O–H groups in total. The Bertz CT molecular complexity index is 1400. The van der Waals surface area contributed by atoms with Gasteiger partial charge in [-0.2, -0.15) is 5.10 Å². The van der Waals surface area contributed by atoms with Crippen molar-refractivity contribution in [2.45, 2.75) is 19.9 Å². The van der Waals surface area contributed by atoms with Crippen molar-refractivity contribution in [2.24, 2.45) is 5.73 Å². The van der Waals surface area contributed by atoms with Gasteiger partial charge in [-0.1, -0.05) is 13.0 Å². The third-order valence-electron chi connectivity index (χ3n) is 5.92. The van der Waals surface area contributed by atoms with Crippen molar-refractivity contribution in [3.8, 4) is 5.75 Å². The van der Waals surface area contributed by atoms with Gasteiger partial charge in [0.2, 0.25) is 5.91 Å². The fraction of sp³-hybridized carbons (Fsp3) is 0.308. The lowest BCUT2D eigenvalue weighted by atomic mass is 10.2. The number of aliphatic hydroxyl groups excluding tert-OH is 1. The maximum atomic E-state index is 15.0. The van der Waals surface area contributed by atoms with Crippen LogP contribution in [0.15, 0.2) is 55.1 Å². The number of halogens is 2. The average Bonchev–Trinajstić information content (AvgIpc) is 3.35. The van der Waals surface area contributed by atoms with Gasteiger partial charge in [0, 0.05) is 30.7 Å². The summed E-state index contributed by atoms with van der Waals surface area (Å²) in [6.07, 6.45) is 5.02. The molecule has 4 aromatic rings. The highest BCUT2D eigenvalue weighted by molar-refractivity contribution is 5.95. The van der Waals surface area contributed by atoms with Crippen LogP contribution in [0.25, 0.3) is 10.9 Å². The van der Waals surface area contributed by atoms with E-state index in [0.717, 1.165) is 25.6 Å². The molecule has 0 saturated carbocycles. The first-order chi connectivity index (χ1) is 18.4. The summed E-state index contributed by atoms with van der Waals surface area (Å²) in [5.41, 5.74) is 6.07. The maximum Gasteiger partial charge on any atom is 0.239 e. The van der Waals surface area contributed by atoms with Crippen molar-refractivity contribution >= 4 is 34.0 Å². The Hall–Kier alpha value is -4.16. The Morgan fingerprint density at radius 2 is 2.03 bits per heavy atom. The number of amides is 1. The SMILES string of the molecule is CCN(CCO)CCCOc1ccc2c(N(c3cnn(CC(N)=O)c3)c3cccc(F)c3F)ncnc2c1. The zero-order valence-corrected chi connectivity index (χ0v) is 20.9. The van der Waals surface area contributed by atoms with Gasteiger partial charge in [0.05, 0.1) is 36.3 Å². The first-order valence-electron chi connectivity index (χ1n) is 12.2. The normalized spacial score (nSPS) is 11.3. The van der Waals surface area contributed by atoms with Gasteiger partial charge < -0.3 is 20.5 Å². The van der Waals surface area contributed by atoms with Crippen molar-refractivity contribution in [3.63, 3.8) is 0 Å². The van der Waals surface area contributed by atoms with Crippen LogP contribution in [-0.2, 0) is 11.3 Å². The van der Waals surface area contributed by atoms with Gasteiger partial charge in [-0.3, -0.25) is 14.4 Å². The zero-order valence-electron chi connectivity index (χ0n) is 20.9. The van der Waals surface area contributed by atoms with E-state index in [1.807, 2.05) is 6.92 Å². The molecule has 0 aliphatic rings. The number of primary amides is 1. The largest absolute Gasteiger partial charge is 0.493 e. The third kappa shape index (κ3) is 6.21. The van der Waals surface area contributed by atoms with Gasteiger partial charge in [0.1, 0.15) is 24.4 Å². The quantitative estimate of drug-likeness (QED) is 0.255. The Labute approximate surface area is 218 Å². The van der Waals surface area contributed by atoms with Gasteiger partial charge in [0.15, 0.2) is 11.6 Å². The van der Waals surface area contributed by atoms with Crippen LogP contribution in [0, 0.1) is 11.6 Å². The summed E-state index contributed by atoms with van der Waals surface area (Å²) in [7, 11) is 0. The maximum absolute atomic E-state index is 15.0. The zero-order chi connectivity index (χ0) is 27.1. The molecule has 0 radical (unpaired) electrons. The van der Waals surface area contributed by atoms with Gasteiger partial charge in [-0.15, -0.1) is 0 Å². The summed E-state index contributed by atoms with van der Waals surface area (Å²) >= 11 is 0. The van der Waals surface area contributed by atoms with E-state index in [4.69, 9.17) is 15.6 Å². The number of rotatable bonds is 13. The number of fused-ring (bicyclic) bond motifs is 1. The number of ether oxygens (including phenoxy) is 1. The summed E-state index contributed by atoms with van der Waals surface area (Å²) in [6, 6.07) is 9.11. The fourth-order valence-corrected chi connectivity index (χ4v) is 4.09. The minimum Gasteiger partial charge on any atom is -0.493 e. The van der Waals surface area contributed by atoms with Crippen molar-refractivity contribution in [1.29, 1.82) is 0 Å². The molecule has 1 amide bonds. The van der Waals surface area contributed by atoms with Crippen LogP contribution < -0.4 is 15.4 Å². The molecule has 0 aliphatic heterocycles. The van der Waals surface area contributed by atoms with Crippen molar-refractivity contribution < 1.29 is 23.4 Å². The fourth-order valence-electron chi connectivity index (χ4n) is 4.09. The number of anilines is 3. The van der Waals surface area contributed by atoms with E-state index >= 15 is 4.39 Å². The lowest BCUT2D eigenvalue weighted by Gasteiger charge is -2.24. The first kappa shape index (κ1) is 26.9. The molecule has 0 spiro atoms. The summed E-state index contributed by atoms with van der Waals surface area (Å²) < 4.78 is 36.4. The number of aromatic nitrogens is 4. The number of carbonyl (C=O) groups is 1. The molecule has 0 bridgehead atoms. The Kier molecular flexibility index (Phi) is 8.77. The number of aliphatic hydroxyl groups is 1. The number of likely N-dealkylation sites (N-methyl/N-ethyl adjacent to an activating group) is 1. The number of benzene rings is 2. The number of nitrogens with zero attached hydrogens (tertiary/aromatic N) is 6. The third-order valence-corrected chi connectivity index (χ3v) is 5.92. The monoisotopic (exact) mass is 525 g/mol. The smallest absolute Gasteiger partial charge is 0.239 e. The molecule has 0 fully saturated rings. The van der Waals surface area contributed by atoms with Crippen LogP contribution in [0.1, 0.15) is 13.3 Å². The van der Waals surface area contributed by atoms with Crippen molar-refractivity contribution in [2.75, 3.05) is 37.7 Å². The minimum absolute atomic E-state index is 0.0905. The molecule has 38 heavy (non-hydrogen) atoms. The molecule has 4 rings (SSSR count). The summed E-state index contributed by atoms with van der Waals surface area (Å²) in [5.74, 6) is -1.80. The molecular weight excluding hydrogens is 496 g/mol. The highest BCUT2D eigenvalue weighted by Gasteiger charge is 2.23. The molecule has 12 heteroatoms. The number of carbonyl (C=O) groups excluding carboxylic acids is 1. The molecule has 2 aromatic heterocycles. The van der Waals surface area contributed by atoms with Crippen LogP contribution >= 0.6 is 0 Å². The second-order valence-corrected chi connectivity index (χ2v) is 8.51. The Morgan fingerprint density at radius 3 is 2.79 bits per heavy atom. The number of hydrogen-bond donors (Lipinski definition) is 2. The van der Waals surface area contributed by atoms with E-state index in [9.17, 15) is 9.18 Å². The molecule has 0 aliphatic carbocycles. The first-order valence-corrected chi connectivity index (χ1v) is 12.2. The minimum atomic E-state index is -1.07. The van der Waals surface area contributed by atoms with Crippen LogP contribution in [0.4, 0.5) is 26.0 Å². The van der Waals surface area contributed by atoms with E-state index in [2.05, 4.69) is 20.0 Å². The van der Waals surface area contributed by atoms with E-state index in [1.54, 1.807) is 18.2 Å². The standard InChI is InChI=1S/C26H29F2N7O3/c1-2-33(10-11-36)9-4-12-38-19-7-8-20-22(13-19)30-17-31-26(20)35(23-6-3-5-21(27)25(23)28)18-14-32-34(15-18)16-24(29)37/h3,5-8,13-15,17,36H,2,4,9-12,16H2,1H3,(H2,29,37). The van der Waals surface area contributed by atoms with E-state index < -0.39 is 17.5 Å². The van der Waals surface area contributed by atoms with Crippen LogP contribution in [-0.4, -0.2) is 68.5 Å². The average molecular weight is 526 g/mol.